The van der Waals surface area contributed by atoms with Gasteiger partial charge in [0.05, 0.1) is 5.41 Å². The lowest BCUT2D eigenvalue weighted by Crippen LogP contribution is -2.56. The number of rotatable bonds is 6. The molecule has 2 aromatic rings. The second-order valence-corrected chi connectivity index (χ2v) is 9.66. The van der Waals surface area contributed by atoms with E-state index in [0.29, 0.717) is 47.1 Å². The number of amides is 2. The molecule has 2 aliphatic rings. The van der Waals surface area contributed by atoms with Crippen LogP contribution in [0, 0.1) is 11.6 Å². The summed E-state index contributed by atoms with van der Waals surface area (Å²) in [7, 11) is 1.98. The predicted octanol–water partition coefficient (Wildman–Crippen LogP) is 3.80. The van der Waals surface area contributed by atoms with Crippen molar-refractivity contribution in [2.24, 2.45) is 0 Å². The van der Waals surface area contributed by atoms with Crippen molar-refractivity contribution in [3.8, 4) is 0 Å². The molecule has 0 bridgehead atoms. The maximum atomic E-state index is 13.8. The number of likely N-dealkylation sites (N-methyl/N-ethyl adjacent to an activating group) is 1. The molecule has 1 aliphatic carbocycles. The first kappa shape index (κ1) is 23.9. The lowest BCUT2D eigenvalue weighted by atomic mass is 9.93. The van der Waals surface area contributed by atoms with Gasteiger partial charge in [-0.2, -0.15) is 0 Å². The quantitative estimate of drug-likeness (QED) is 0.662. The van der Waals surface area contributed by atoms with Gasteiger partial charge in [0.1, 0.15) is 6.04 Å². The van der Waals surface area contributed by atoms with Crippen LogP contribution in [0.3, 0.4) is 0 Å². The molecule has 2 aromatic carbocycles. The number of hydrogen-bond donors (Lipinski definition) is 1. The largest absolute Gasteiger partial charge is 0.343 e. The van der Waals surface area contributed by atoms with Gasteiger partial charge in [-0.3, -0.25) is 9.59 Å². The highest BCUT2D eigenvalue weighted by molar-refractivity contribution is 6.35. The van der Waals surface area contributed by atoms with Crippen LogP contribution in [-0.4, -0.2) is 60.9 Å². The van der Waals surface area contributed by atoms with Gasteiger partial charge < -0.3 is 15.1 Å². The standard InChI is InChI=1S/C24H25Cl2F2N3O2/c1-30-8-10-31(11-9-30)22(32)21(13-15-2-5-19(27)20(28)12-15)29-23(33)24(6-7-24)17-4-3-16(25)14-18(17)26/h2-5,12,14,21H,6-11,13H2,1H3,(H,29,33)/t21-/m0/s1. The summed E-state index contributed by atoms with van der Waals surface area (Å²) in [4.78, 5) is 30.6. The monoisotopic (exact) mass is 495 g/mol. The zero-order chi connectivity index (χ0) is 23.8. The Bertz CT molecular complexity index is 1070. The second kappa shape index (κ2) is 9.57. The molecule has 1 heterocycles. The summed E-state index contributed by atoms with van der Waals surface area (Å²) < 4.78 is 27.2. The second-order valence-electron chi connectivity index (χ2n) is 8.81. The molecule has 1 saturated heterocycles. The molecule has 2 amide bonds. The number of halogens is 4. The van der Waals surface area contributed by atoms with Gasteiger partial charge in [0.25, 0.3) is 0 Å². The van der Waals surface area contributed by atoms with Gasteiger partial charge in [-0.15, -0.1) is 0 Å². The molecule has 0 unspecified atom stereocenters. The zero-order valence-corrected chi connectivity index (χ0v) is 19.7. The average molecular weight is 496 g/mol. The van der Waals surface area contributed by atoms with Crippen LogP contribution in [0.25, 0.3) is 0 Å². The normalized spacial score (nSPS) is 18.6. The third kappa shape index (κ3) is 5.15. The first-order chi connectivity index (χ1) is 15.7. The summed E-state index contributed by atoms with van der Waals surface area (Å²) in [6.07, 6.45) is 1.25. The number of benzene rings is 2. The smallest absolute Gasteiger partial charge is 0.245 e. The highest BCUT2D eigenvalue weighted by Gasteiger charge is 2.53. The minimum atomic E-state index is -0.990. The first-order valence-corrected chi connectivity index (χ1v) is 11.6. The van der Waals surface area contributed by atoms with Crippen LogP contribution in [0.15, 0.2) is 36.4 Å². The summed E-state index contributed by atoms with van der Waals surface area (Å²) in [6, 6.07) is 7.63. The van der Waals surface area contributed by atoms with Crippen LogP contribution in [0.2, 0.25) is 10.0 Å². The minimum absolute atomic E-state index is 0.0541. The van der Waals surface area contributed by atoms with Gasteiger partial charge in [-0.25, -0.2) is 8.78 Å². The molecule has 0 spiro atoms. The van der Waals surface area contributed by atoms with Crippen molar-refractivity contribution in [1.29, 1.82) is 0 Å². The third-order valence-corrected chi connectivity index (χ3v) is 7.02. The topological polar surface area (TPSA) is 52.6 Å². The van der Waals surface area contributed by atoms with E-state index in [2.05, 4.69) is 10.2 Å². The van der Waals surface area contributed by atoms with Crippen LogP contribution >= 0.6 is 23.2 Å². The highest BCUT2D eigenvalue weighted by atomic mass is 35.5. The molecule has 1 saturated carbocycles. The van der Waals surface area contributed by atoms with E-state index in [4.69, 9.17) is 23.2 Å². The van der Waals surface area contributed by atoms with Crippen molar-refractivity contribution in [3.63, 3.8) is 0 Å². The molecule has 0 radical (unpaired) electrons. The summed E-state index contributed by atoms with van der Waals surface area (Å²) in [5.74, 6) is -2.49. The van der Waals surface area contributed by atoms with Crippen LogP contribution in [-0.2, 0) is 21.4 Å². The number of carbonyl (C=O) groups is 2. The number of nitrogens with zero attached hydrogens (tertiary/aromatic N) is 2. The summed E-state index contributed by atoms with van der Waals surface area (Å²) in [6.45, 7) is 2.52. The number of piperazine rings is 1. The van der Waals surface area contributed by atoms with Gasteiger partial charge in [0.2, 0.25) is 11.8 Å². The Morgan fingerprint density at radius 1 is 1.03 bits per heavy atom. The predicted molar refractivity (Wildman–Crippen MR) is 123 cm³/mol. The number of carbonyl (C=O) groups excluding carboxylic acids is 2. The van der Waals surface area contributed by atoms with E-state index in [9.17, 15) is 18.4 Å². The fraction of sp³-hybridized carbons (Fsp3) is 0.417. The Morgan fingerprint density at radius 2 is 1.73 bits per heavy atom. The third-order valence-electron chi connectivity index (χ3n) is 6.47. The van der Waals surface area contributed by atoms with Gasteiger partial charge in [0.15, 0.2) is 11.6 Å². The van der Waals surface area contributed by atoms with E-state index in [1.165, 1.54) is 6.07 Å². The Kier molecular flexibility index (Phi) is 6.93. The summed E-state index contributed by atoms with van der Waals surface area (Å²) in [5, 5.41) is 3.77. The van der Waals surface area contributed by atoms with Gasteiger partial charge in [-0.05, 0) is 55.3 Å². The van der Waals surface area contributed by atoms with E-state index in [0.717, 1.165) is 25.2 Å². The maximum absolute atomic E-state index is 13.8. The van der Waals surface area contributed by atoms with Crippen molar-refractivity contribution in [1.82, 2.24) is 15.1 Å². The Morgan fingerprint density at radius 3 is 2.33 bits per heavy atom. The van der Waals surface area contributed by atoms with Gasteiger partial charge >= 0.3 is 0 Å². The number of nitrogens with one attached hydrogen (secondary N) is 1. The average Bonchev–Trinajstić information content (AvgIpc) is 3.57. The lowest BCUT2D eigenvalue weighted by Gasteiger charge is -2.35. The van der Waals surface area contributed by atoms with Gasteiger partial charge in [-0.1, -0.05) is 35.3 Å². The van der Waals surface area contributed by atoms with Crippen LogP contribution in [0.4, 0.5) is 8.78 Å². The molecule has 1 atom stereocenters. The fourth-order valence-electron chi connectivity index (χ4n) is 4.27. The summed E-state index contributed by atoms with van der Waals surface area (Å²) >= 11 is 12.4. The lowest BCUT2D eigenvalue weighted by molar-refractivity contribution is -0.138. The van der Waals surface area contributed by atoms with Gasteiger partial charge in [0, 0.05) is 42.6 Å². The van der Waals surface area contributed by atoms with E-state index < -0.39 is 23.1 Å². The molecule has 1 aliphatic heterocycles. The van der Waals surface area contributed by atoms with E-state index >= 15 is 0 Å². The van der Waals surface area contributed by atoms with Crippen molar-refractivity contribution >= 4 is 35.0 Å². The van der Waals surface area contributed by atoms with Crippen molar-refractivity contribution < 1.29 is 18.4 Å². The molecule has 5 nitrogen and oxygen atoms in total. The maximum Gasteiger partial charge on any atom is 0.245 e. The molecule has 33 heavy (non-hydrogen) atoms. The Labute approximate surface area is 201 Å². The number of hydrogen-bond acceptors (Lipinski definition) is 3. The van der Waals surface area contributed by atoms with Crippen molar-refractivity contribution in [3.05, 3.63) is 69.2 Å². The van der Waals surface area contributed by atoms with Crippen LogP contribution < -0.4 is 5.32 Å². The van der Waals surface area contributed by atoms with E-state index in [-0.39, 0.29) is 18.2 Å². The SMILES string of the molecule is CN1CCN(C(=O)[C@H](Cc2ccc(F)c(F)c2)NC(=O)C2(c3ccc(Cl)cc3Cl)CC2)CC1. The molecule has 2 fully saturated rings. The zero-order valence-electron chi connectivity index (χ0n) is 18.2. The molecular weight excluding hydrogens is 471 g/mol. The highest BCUT2D eigenvalue weighted by Crippen LogP contribution is 2.51. The Balaban J connectivity index is 1.57. The minimum Gasteiger partial charge on any atom is -0.343 e. The van der Waals surface area contributed by atoms with E-state index in [1.807, 2.05) is 7.05 Å². The molecular formula is C24H25Cl2F2N3O2. The molecule has 0 aromatic heterocycles. The van der Waals surface area contributed by atoms with E-state index in [1.54, 1.807) is 23.1 Å². The molecule has 1 N–H and O–H groups in total. The molecule has 9 heteroatoms. The van der Waals surface area contributed by atoms with Crippen molar-refractivity contribution in [2.45, 2.75) is 30.7 Å². The fourth-order valence-corrected chi connectivity index (χ4v) is 4.86. The van der Waals surface area contributed by atoms with Crippen LogP contribution in [0.1, 0.15) is 24.0 Å². The van der Waals surface area contributed by atoms with Crippen molar-refractivity contribution in [2.75, 3.05) is 33.2 Å². The summed E-state index contributed by atoms with van der Waals surface area (Å²) in [5.41, 5.74) is 0.275. The Hall–Kier alpha value is -2.22. The first-order valence-electron chi connectivity index (χ1n) is 10.9. The molecule has 4 rings (SSSR count). The molecule has 176 valence electrons. The van der Waals surface area contributed by atoms with Crippen LogP contribution in [0.5, 0.6) is 0 Å².